The molecule has 8 nitrogen and oxygen atoms in total. The van der Waals surface area contributed by atoms with Crippen molar-refractivity contribution in [1.82, 2.24) is 15.5 Å². The molecule has 1 saturated heterocycles. The summed E-state index contributed by atoms with van der Waals surface area (Å²) in [6.45, 7) is 5.88. The molecule has 0 saturated carbocycles. The Balaban J connectivity index is 1.70. The van der Waals surface area contributed by atoms with Gasteiger partial charge in [-0.3, -0.25) is 9.62 Å². The van der Waals surface area contributed by atoms with Crippen molar-refractivity contribution in [2.75, 3.05) is 37.2 Å². The lowest BCUT2D eigenvalue weighted by molar-refractivity contribution is 0.215. The highest BCUT2D eigenvalue weighted by Crippen LogP contribution is 2.25. The SMILES string of the molecule is CCNC(=NCc1ccccc1NS(C)(=O)=O)NCC(c1ccco1)N1CCCC1. The number of benzene rings is 1. The Morgan fingerprint density at radius 2 is 1.93 bits per heavy atom. The minimum atomic E-state index is -3.35. The van der Waals surface area contributed by atoms with Gasteiger partial charge in [0.05, 0.1) is 30.8 Å². The Hall–Kier alpha value is -2.52. The summed E-state index contributed by atoms with van der Waals surface area (Å²) in [5.74, 6) is 1.63. The number of hydrogen-bond acceptors (Lipinski definition) is 5. The van der Waals surface area contributed by atoms with Crippen molar-refractivity contribution in [1.29, 1.82) is 0 Å². The zero-order valence-corrected chi connectivity index (χ0v) is 18.4. The highest BCUT2D eigenvalue weighted by molar-refractivity contribution is 7.92. The second kappa shape index (κ2) is 10.5. The quantitative estimate of drug-likeness (QED) is 0.415. The average molecular weight is 434 g/mol. The Morgan fingerprint density at radius 1 is 1.17 bits per heavy atom. The first-order chi connectivity index (χ1) is 14.5. The van der Waals surface area contributed by atoms with Gasteiger partial charge in [0.2, 0.25) is 10.0 Å². The Kier molecular flexibility index (Phi) is 7.75. The van der Waals surface area contributed by atoms with Gasteiger partial charge >= 0.3 is 0 Å². The van der Waals surface area contributed by atoms with Gasteiger partial charge in [-0.05, 0) is 56.6 Å². The highest BCUT2D eigenvalue weighted by Gasteiger charge is 2.25. The lowest BCUT2D eigenvalue weighted by Gasteiger charge is -2.26. The second-order valence-electron chi connectivity index (χ2n) is 7.38. The molecule has 1 aliphatic heterocycles. The molecule has 1 aromatic heterocycles. The maximum Gasteiger partial charge on any atom is 0.229 e. The van der Waals surface area contributed by atoms with Crippen LogP contribution in [0.2, 0.25) is 0 Å². The lowest BCUT2D eigenvalue weighted by atomic mass is 10.2. The molecule has 3 rings (SSSR count). The predicted octanol–water partition coefficient (Wildman–Crippen LogP) is 2.54. The fourth-order valence-corrected chi connectivity index (χ4v) is 4.20. The molecule has 0 spiro atoms. The third kappa shape index (κ3) is 6.50. The largest absolute Gasteiger partial charge is 0.468 e. The van der Waals surface area contributed by atoms with Gasteiger partial charge in [0.1, 0.15) is 5.76 Å². The number of sulfonamides is 1. The van der Waals surface area contributed by atoms with Crippen LogP contribution in [0.25, 0.3) is 0 Å². The summed E-state index contributed by atoms with van der Waals surface area (Å²) in [5, 5.41) is 6.69. The highest BCUT2D eigenvalue weighted by atomic mass is 32.2. The Morgan fingerprint density at radius 3 is 2.60 bits per heavy atom. The summed E-state index contributed by atoms with van der Waals surface area (Å²) in [6.07, 6.45) is 5.26. The van der Waals surface area contributed by atoms with Gasteiger partial charge in [0.25, 0.3) is 0 Å². The number of aliphatic imine (C=N–C) groups is 1. The number of likely N-dealkylation sites (tertiary alicyclic amines) is 1. The number of furan rings is 1. The molecule has 1 unspecified atom stereocenters. The number of para-hydroxylation sites is 1. The minimum absolute atomic E-state index is 0.144. The van der Waals surface area contributed by atoms with E-state index in [9.17, 15) is 8.42 Å². The van der Waals surface area contributed by atoms with Crippen molar-refractivity contribution in [3.63, 3.8) is 0 Å². The van der Waals surface area contributed by atoms with Crippen LogP contribution in [0.3, 0.4) is 0 Å². The Labute approximate surface area is 178 Å². The van der Waals surface area contributed by atoms with E-state index in [1.165, 1.54) is 12.8 Å². The molecule has 0 radical (unpaired) electrons. The summed E-state index contributed by atoms with van der Waals surface area (Å²) in [5.41, 5.74) is 1.35. The van der Waals surface area contributed by atoms with Crippen molar-refractivity contribution in [2.45, 2.75) is 32.4 Å². The number of nitrogens with zero attached hydrogens (tertiary/aromatic N) is 2. The maximum absolute atomic E-state index is 11.6. The molecule has 0 bridgehead atoms. The van der Waals surface area contributed by atoms with Gasteiger partial charge in [-0.1, -0.05) is 18.2 Å². The fourth-order valence-electron chi connectivity index (χ4n) is 3.60. The van der Waals surface area contributed by atoms with Crippen molar-refractivity contribution < 1.29 is 12.8 Å². The van der Waals surface area contributed by atoms with Crippen LogP contribution in [0.15, 0.2) is 52.1 Å². The number of nitrogens with one attached hydrogen (secondary N) is 3. The van der Waals surface area contributed by atoms with E-state index in [0.717, 1.165) is 37.2 Å². The topological polar surface area (TPSA) is 99.0 Å². The van der Waals surface area contributed by atoms with E-state index in [1.807, 2.05) is 31.2 Å². The van der Waals surface area contributed by atoms with E-state index in [0.29, 0.717) is 24.7 Å². The smallest absolute Gasteiger partial charge is 0.229 e. The van der Waals surface area contributed by atoms with Crippen LogP contribution >= 0.6 is 0 Å². The van der Waals surface area contributed by atoms with Crippen molar-refractivity contribution >= 4 is 21.7 Å². The van der Waals surface area contributed by atoms with Crippen LogP contribution in [-0.4, -0.2) is 51.7 Å². The average Bonchev–Trinajstić information content (AvgIpc) is 3.41. The first-order valence-electron chi connectivity index (χ1n) is 10.3. The predicted molar refractivity (Wildman–Crippen MR) is 120 cm³/mol. The van der Waals surface area contributed by atoms with Gasteiger partial charge in [-0.2, -0.15) is 0 Å². The van der Waals surface area contributed by atoms with E-state index in [2.05, 4.69) is 25.2 Å². The first kappa shape index (κ1) is 22.2. The number of rotatable bonds is 9. The van der Waals surface area contributed by atoms with Crippen molar-refractivity contribution in [3.8, 4) is 0 Å². The van der Waals surface area contributed by atoms with E-state index in [4.69, 9.17) is 4.42 Å². The van der Waals surface area contributed by atoms with Crippen LogP contribution in [0.1, 0.15) is 37.1 Å². The maximum atomic E-state index is 11.6. The Bertz CT molecular complexity index is 922. The van der Waals surface area contributed by atoms with Gasteiger partial charge in [-0.25, -0.2) is 13.4 Å². The van der Waals surface area contributed by atoms with Gasteiger partial charge in [0, 0.05) is 13.1 Å². The second-order valence-corrected chi connectivity index (χ2v) is 9.13. The van der Waals surface area contributed by atoms with Gasteiger partial charge < -0.3 is 15.1 Å². The van der Waals surface area contributed by atoms with E-state index in [1.54, 1.807) is 18.4 Å². The molecule has 30 heavy (non-hydrogen) atoms. The third-order valence-corrected chi connectivity index (χ3v) is 5.57. The monoisotopic (exact) mass is 433 g/mol. The fraction of sp³-hybridized carbons (Fsp3) is 0.476. The van der Waals surface area contributed by atoms with E-state index in [-0.39, 0.29) is 6.04 Å². The molecule has 9 heteroatoms. The van der Waals surface area contributed by atoms with Crippen LogP contribution in [0.4, 0.5) is 5.69 Å². The summed E-state index contributed by atoms with van der Waals surface area (Å²) < 4.78 is 31.5. The van der Waals surface area contributed by atoms with Crippen LogP contribution in [0.5, 0.6) is 0 Å². The molecular weight excluding hydrogens is 402 g/mol. The van der Waals surface area contributed by atoms with Crippen LogP contribution < -0.4 is 15.4 Å². The molecule has 0 aliphatic carbocycles. The van der Waals surface area contributed by atoms with Crippen LogP contribution in [0, 0.1) is 0 Å². The molecular formula is C21H31N5O3S. The van der Waals surface area contributed by atoms with E-state index < -0.39 is 10.0 Å². The molecule has 1 atom stereocenters. The molecule has 1 aliphatic rings. The molecule has 164 valence electrons. The zero-order chi connectivity index (χ0) is 21.4. The summed E-state index contributed by atoms with van der Waals surface area (Å²) >= 11 is 0. The number of guanidine groups is 1. The summed E-state index contributed by atoms with van der Waals surface area (Å²) in [7, 11) is -3.35. The van der Waals surface area contributed by atoms with Gasteiger partial charge in [0.15, 0.2) is 5.96 Å². The zero-order valence-electron chi connectivity index (χ0n) is 17.6. The first-order valence-corrected chi connectivity index (χ1v) is 12.2. The molecule has 3 N–H and O–H groups in total. The van der Waals surface area contributed by atoms with Crippen LogP contribution in [-0.2, 0) is 16.6 Å². The molecule has 1 fully saturated rings. The molecule has 2 heterocycles. The number of anilines is 1. The minimum Gasteiger partial charge on any atom is -0.468 e. The molecule has 1 aromatic carbocycles. The standard InChI is InChI=1S/C21H31N5O3S/c1-3-22-21(23-15-17-9-4-5-10-18(17)25-30(2,27)28)24-16-19(20-11-8-14-29-20)26-12-6-7-13-26/h4-5,8-11,14,19,25H,3,6-7,12-13,15-16H2,1-2H3,(H2,22,23,24). The summed E-state index contributed by atoms with van der Waals surface area (Å²) in [6, 6.07) is 11.4. The number of hydrogen-bond donors (Lipinski definition) is 3. The van der Waals surface area contributed by atoms with E-state index >= 15 is 0 Å². The molecule has 2 aromatic rings. The normalized spacial score (nSPS) is 16.4. The molecule has 0 amide bonds. The van der Waals surface area contributed by atoms with Crippen molar-refractivity contribution in [3.05, 3.63) is 54.0 Å². The van der Waals surface area contributed by atoms with Gasteiger partial charge in [-0.15, -0.1) is 0 Å². The van der Waals surface area contributed by atoms with Crippen molar-refractivity contribution in [2.24, 2.45) is 4.99 Å². The third-order valence-electron chi connectivity index (χ3n) is 4.98. The summed E-state index contributed by atoms with van der Waals surface area (Å²) in [4.78, 5) is 7.10. The lowest BCUT2D eigenvalue weighted by Crippen LogP contribution is -2.42.